The molecule has 1 aliphatic heterocycles. The third-order valence-electron chi connectivity index (χ3n) is 3.69. The summed E-state index contributed by atoms with van der Waals surface area (Å²) < 4.78 is 5.79. The van der Waals surface area contributed by atoms with E-state index in [-0.39, 0.29) is 12.3 Å². The predicted octanol–water partition coefficient (Wildman–Crippen LogP) is 4.14. The van der Waals surface area contributed by atoms with Crippen molar-refractivity contribution >= 4 is 35.0 Å². The zero-order chi connectivity index (χ0) is 18.7. The maximum absolute atomic E-state index is 11.7. The minimum atomic E-state index is -0.538. The number of non-ortho nitro benzene ring substituents is 1. The summed E-state index contributed by atoms with van der Waals surface area (Å²) >= 11 is 6.04. The zero-order valence-corrected chi connectivity index (χ0v) is 14.4. The van der Waals surface area contributed by atoms with E-state index in [1.807, 2.05) is 0 Å². The molecule has 0 saturated carbocycles. The molecule has 7 nitrogen and oxygen atoms in total. The first-order valence-corrected chi connectivity index (χ1v) is 7.95. The van der Waals surface area contributed by atoms with Crippen LogP contribution in [0.4, 0.5) is 5.69 Å². The third kappa shape index (κ3) is 3.89. The quantitative estimate of drug-likeness (QED) is 0.340. The fraction of sp³-hybridized carbons (Fsp3) is 0.111. The molecule has 0 aliphatic carbocycles. The van der Waals surface area contributed by atoms with Gasteiger partial charge in [-0.05, 0) is 48.9 Å². The van der Waals surface area contributed by atoms with Crippen LogP contribution in [0.3, 0.4) is 0 Å². The summed E-state index contributed by atoms with van der Waals surface area (Å²) in [5, 5.41) is 14.8. The number of hydrogen-bond acceptors (Lipinski definition) is 6. The van der Waals surface area contributed by atoms with Crippen LogP contribution in [0.5, 0.6) is 5.75 Å². The second-order valence-electron chi connectivity index (χ2n) is 5.51. The molecular weight excluding hydrogens is 360 g/mol. The Morgan fingerprint density at radius 3 is 2.62 bits per heavy atom. The highest BCUT2D eigenvalue weighted by atomic mass is 35.5. The Labute approximate surface area is 153 Å². The predicted molar refractivity (Wildman–Crippen MR) is 96.1 cm³/mol. The zero-order valence-electron chi connectivity index (χ0n) is 13.6. The molecule has 0 amide bonds. The lowest BCUT2D eigenvalue weighted by molar-refractivity contribution is -0.384. The van der Waals surface area contributed by atoms with Crippen LogP contribution in [0.15, 0.2) is 53.2 Å². The fourth-order valence-electron chi connectivity index (χ4n) is 2.31. The number of oxime groups is 1. The van der Waals surface area contributed by atoms with Crippen LogP contribution in [0, 0.1) is 10.1 Å². The normalized spacial score (nSPS) is 14.9. The molecule has 26 heavy (non-hydrogen) atoms. The molecule has 1 aliphatic rings. The summed E-state index contributed by atoms with van der Waals surface area (Å²) in [7, 11) is 0. The average Bonchev–Trinajstić information content (AvgIpc) is 2.93. The average molecular weight is 373 g/mol. The van der Waals surface area contributed by atoms with Gasteiger partial charge in [-0.15, -0.1) is 0 Å². The van der Waals surface area contributed by atoms with Crippen molar-refractivity contribution in [3.8, 4) is 5.75 Å². The Morgan fingerprint density at radius 1 is 1.27 bits per heavy atom. The molecule has 1 heterocycles. The number of ether oxygens (including phenoxy) is 1. The Balaban J connectivity index is 1.82. The van der Waals surface area contributed by atoms with Gasteiger partial charge in [-0.3, -0.25) is 10.1 Å². The molecule has 2 aromatic rings. The maximum Gasteiger partial charge on any atom is 0.367 e. The molecule has 132 valence electrons. The molecular formula is C18H13ClN2O5. The molecule has 0 spiro atoms. The van der Waals surface area contributed by atoms with E-state index in [1.165, 1.54) is 12.1 Å². The molecule has 0 fully saturated rings. The highest BCUT2D eigenvalue weighted by Gasteiger charge is 2.22. The van der Waals surface area contributed by atoms with Crippen LogP contribution in [0.25, 0.3) is 6.08 Å². The van der Waals surface area contributed by atoms with Gasteiger partial charge in [0.1, 0.15) is 12.4 Å². The molecule has 0 atom stereocenters. The first kappa shape index (κ1) is 17.6. The van der Waals surface area contributed by atoms with Gasteiger partial charge < -0.3 is 9.57 Å². The van der Waals surface area contributed by atoms with Crippen molar-refractivity contribution in [1.82, 2.24) is 0 Å². The van der Waals surface area contributed by atoms with E-state index in [2.05, 4.69) is 9.99 Å². The van der Waals surface area contributed by atoms with Gasteiger partial charge in [-0.1, -0.05) is 16.8 Å². The summed E-state index contributed by atoms with van der Waals surface area (Å²) in [4.78, 5) is 26.6. The number of nitro groups is 1. The van der Waals surface area contributed by atoms with Crippen LogP contribution in [-0.2, 0) is 16.2 Å². The first-order valence-electron chi connectivity index (χ1n) is 7.58. The van der Waals surface area contributed by atoms with Crippen LogP contribution in [-0.4, -0.2) is 16.6 Å². The maximum atomic E-state index is 11.7. The second kappa shape index (κ2) is 7.37. The Bertz CT molecular complexity index is 935. The van der Waals surface area contributed by atoms with E-state index in [0.29, 0.717) is 27.6 Å². The molecule has 0 N–H and O–H groups in total. The van der Waals surface area contributed by atoms with Crippen molar-refractivity contribution in [2.45, 2.75) is 13.5 Å². The lowest BCUT2D eigenvalue weighted by Crippen LogP contribution is -2.03. The Kier molecular flexibility index (Phi) is 4.99. The molecule has 2 aromatic carbocycles. The van der Waals surface area contributed by atoms with Crippen LogP contribution in [0.2, 0.25) is 5.02 Å². The van der Waals surface area contributed by atoms with E-state index in [4.69, 9.17) is 16.3 Å². The first-order chi connectivity index (χ1) is 12.4. The van der Waals surface area contributed by atoms with Gasteiger partial charge in [0, 0.05) is 22.7 Å². The van der Waals surface area contributed by atoms with Crippen molar-refractivity contribution in [3.63, 3.8) is 0 Å². The fourth-order valence-corrected chi connectivity index (χ4v) is 2.49. The number of nitro benzene ring substituents is 1. The highest BCUT2D eigenvalue weighted by molar-refractivity contribution is 6.31. The van der Waals surface area contributed by atoms with Gasteiger partial charge >= 0.3 is 5.97 Å². The number of halogens is 1. The number of hydrogen-bond donors (Lipinski definition) is 0. The number of carbonyl (C=O) groups is 1. The van der Waals surface area contributed by atoms with Gasteiger partial charge in [-0.25, -0.2) is 4.79 Å². The number of nitrogens with zero attached hydrogens (tertiary/aromatic N) is 2. The van der Waals surface area contributed by atoms with E-state index in [0.717, 1.165) is 5.56 Å². The summed E-state index contributed by atoms with van der Waals surface area (Å²) in [6.45, 7) is 1.87. The van der Waals surface area contributed by atoms with Crippen molar-refractivity contribution in [3.05, 3.63) is 74.3 Å². The van der Waals surface area contributed by atoms with Crippen molar-refractivity contribution in [2.75, 3.05) is 0 Å². The molecule has 0 bridgehead atoms. The van der Waals surface area contributed by atoms with E-state index in [9.17, 15) is 14.9 Å². The number of carbonyl (C=O) groups excluding carboxylic acids is 1. The van der Waals surface area contributed by atoms with E-state index in [1.54, 1.807) is 43.3 Å². The number of benzene rings is 2. The van der Waals surface area contributed by atoms with Crippen molar-refractivity contribution in [2.24, 2.45) is 5.16 Å². The van der Waals surface area contributed by atoms with Gasteiger partial charge in [0.05, 0.1) is 16.2 Å². The molecule has 0 unspecified atom stereocenters. The molecule has 3 rings (SSSR count). The SMILES string of the molecule is CC1=NOC(=O)/C1=C/c1cc(Cl)ccc1OCc1ccc([N+](=O)[O-])cc1. The third-order valence-corrected chi connectivity index (χ3v) is 3.92. The monoisotopic (exact) mass is 372 g/mol. The molecule has 0 radical (unpaired) electrons. The van der Waals surface area contributed by atoms with Crippen LogP contribution < -0.4 is 4.74 Å². The summed E-state index contributed by atoms with van der Waals surface area (Å²) in [5.41, 5.74) is 2.17. The largest absolute Gasteiger partial charge is 0.488 e. The molecule has 0 aromatic heterocycles. The van der Waals surface area contributed by atoms with Gasteiger partial charge in [0.15, 0.2) is 0 Å². The van der Waals surface area contributed by atoms with Crippen LogP contribution >= 0.6 is 11.6 Å². The Hall–Kier alpha value is -3.19. The van der Waals surface area contributed by atoms with E-state index >= 15 is 0 Å². The topological polar surface area (TPSA) is 91.0 Å². The van der Waals surface area contributed by atoms with Crippen molar-refractivity contribution in [1.29, 1.82) is 0 Å². The lowest BCUT2D eigenvalue weighted by Gasteiger charge is -2.10. The molecule has 0 saturated heterocycles. The summed E-state index contributed by atoms with van der Waals surface area (Å²) in [6, 6.07) is 11.1. The number of rotatable bonds is 5. The van der Waals surface area contributed by atoms with Crippen LogP contribution in [0.1, 0.15) is 18.1 Å². The smallest absolute Gasteiger partial charge is 0.367 e. The summed E-state index contributed by atoms with van der Waals surface area (Å²) in [6.07, 6.45) is 1.60. The minimum absolute atomic E-state index is 0.0140. The Morgan fingerprint density at radius 2 is 2.00 bits per heavy atom. The second-order valence-corrected chi connectivity index (χ2v) is 5.94. The highest BCUT2D eigenvalue weighted by Crippen LogP contribution is 2.28. The lowest BCUT2D eigenvalue weighted by atomic mass is 10.1. The summed E-state index contributed by atoms with van der Waals surface area (Å²) in [5.74, 6) is -0.0310. The van der Waals surface area contributed by atoms with Gasteiger partial charge in [0.2, 0.25) is 0 Å². The van der Waals surface area contributed by atoms with Gasteiger partial charge in [0.25, 0.3) is 5.69 Å². The molecule has 8 heteroatoms. The van der Waals surface area contributed by atoms with Gasteiger partial charge in [-0.2, -0.15) is 0 Å². The standard InChI is InChI=1S/C18H13ClN2O5/c1-11-16(18(22)26-20-11)9-13-8-14(19)4-7-17(13)25-10-12-2-5-15(6-3-12)21(23)24/h2-9H,10H2,1H3/b16-9+. The minimum Gasteiger partial charge on any atom is -0.488 e. The van der Waals surface area contributed by atoms with E-state index < -0.39 is 10.9 Å². The van der Waals surface area contributed by atoms with Crippen molar-refractivity contribution < 1.29 is 19.3 Å².